The average Bonchev–Trinajstić information content (AvgIpc) is 2.72. The molecule has 1 aliphatic heterocycles. The maximum Gasteiger partial charge on any atom is 0.249 e. The second-order valence-electron chi connectivity index (χ2n) is 7.66. The molecule has 0 radical (unpaired) electrons. The number of carbonyl (C=O) groups excluding carboxylic acids is 2. The van der Waals surface area contributed by atoms with Crippen LogP contribution in [-0.2, 0) is 9.59 Å². The smallest absolute Gasteiger partial charge is 0.249 e. The van der Waals surface area contributed by atoms with Gasteiger partial charge in [0.15, 0.2) is 0 Å². The van der Waals surface area contributed by atoms with E-state index in [-0.39, 0.29) is 17.7 Å². The lowest BCUT2D eigenvalue weighted by Gasteiger charge is -2.37. The maximum atomic E-state index is 13.3. The highest BCUT2D eigenvalue weighted by atomic mass is 35.5. The first kappa shape index (κ1) is 21.1. The van der Waals surface area contributed by atoms with Crippen molar-refractivity contribution in [2.45, 2.75) is 26.3 Å². The summed E-state index contributed by atoms with van der Waals surface area (Å²) in [5, 5.41) is 3.54. The number of piperazine rings is 1. The highest BCUT2D eigenvalue weighted by molar-refractivity contribution is 6.30. The Balaban J connectivity index is 1.68. The Morgan fingerprint density at radius 2 is 1.76 bits per heavy atom. The van der Waals surface area contributed by atoms with Gasteiger partial charge in [0.05, 0.1) is 5.02 Å². The lowest BCUT2D eigenvalue weighted by atomic mass is 10.0. The van der Waals surface area contributed by atoms with Crippen LogP contribution in [0.15, 0.2) is 48.7 Å². The Labute approximate surface area is 176 Å². The van der Waals surface area contributed by atoms with Gasteiger partial charge in [0.2, 0.25) is 11.8 Å². The van der Waals surface area contributed by atoms with E-state index in [0.29, 0.717) is 37.6 Å². The molecular weight excluding hydrogens is 388 g/mol. The van der Waals surface area contributed by atoms with Crippen molar-refractivity contribution in [2.24, 2.45) is 5.92 Å². The van der Waals surface area contributed by atoms with Crippen molar-refractivity contribution in [1.82, 2.24) is 15.2 Å². The van der Waals surface area contributed by atoms with Gasteiger partial charge in [-0.1, -0.05) is 55.8 Å². The van der Waals surface area contributed by atoms with Gasteiger partial charge >= 0.3 is 0 Å². The molecule has 154 valence electrons. The molecule has 1 aromatic carbocycles. The second kappa shape index (κ2) is 9.74. The zero-order chi connectivity index (χ0) is 20.8. The molecule has 1 aliphatic rings. The van der Waals surface area contributed by atoms with Gasteiger partial charge in [-0.3, -0.25) is 9.59 Å². The number of carbonyl (C=O) groups is 2. The molecule has 6 nitrogen and oxygen atoms in total. The molecule has 0 spiro atoms. The van der Waals surface area contributed by atoms with E-state index in [1.54, 1.807) is 6.20 Å². The van der Waals surface area contributed by atoms with E-state index in [9.17, 15) is 9.59 Å². The predicted octanol–water partition coefficient (Wildman–Crippen LogP) is 3.29. The first-order valence-corrected chi connectivity index (χ1v) is 10.3. The van der Waals surface area contributed by atoms with Crippen LogP contribution in [0.2, 0.25) is 5.02 Å². The molecular formula is C22H27ClN4O2. The van der Waals surface area contributed by atoms with Crippen molar-refractivity contribution in [3.8, 4) is 0 Å². The normalized spacial score (nSPS) is 15.3. The van der Waals surface area contributed by atoms with E-state index in [1.165, 1.54) is 0 Å². The lowest BCUT2D eigenvalue weighted by Crippen LogP contribution is -2.52. The summed E-state index contributed by atoms with van der Waals surface area (Å²) < 4.78 is 0. The van der Waals surface area contributed by atoms with Crippen molar-refractivity contribution >= 4 is 29.2 Å². The molecule has 1 N–H and O–H groups in total. The number of rotatable bonds is 6. The fourth-order valence-corrected chi connectivity index (χ4v) is 3.53. The third-order valence-electron chi connectivity index (χ3n) is 4.91. The summed E-state index contributed by atoms with van der Waals surface area (Å²) >= 11 is 5.91. The number of nitrogens with one attached hydrogen (secondary N) is 1. The highest BCUT2D eigenvalue weighted by Gasteiger charge is 2.30. The van der Waals surface area contributed by atoms with E-state index < -0.39 is 6.04 Å². The van der Waals surface area contributed by atoms with Gasteiger partial charge in [0.1, 0.15) is 11.9 Å². The average molecular weight is 415 g/mol. The summed E-state index contributed by atoms with van der Waals surface area (Å²) in [6.45, 7) is 6.49. The summed E-state index contributed by atoms with van der Waals surface area (Å²) in [6.07, 6.45) is 2.02. The van der Waals surface area contributed by atoms with Gasteiger partial charge < -0.3 is 15.1 Å². The number of anilines is 1. The summed E-state index contributed by atoms with van der Waals surface area (Å²) in [7, 11) is 0. The fraction of sp³-hybridized carbons (Fsp3) is 0.409. The number of nitrogens with zero attached hydrogens (tertiary/aromatic N) is 3. The summed E-state index contributed by atoms with van der Waals surface area (Å²) in [5.74, 6) is 0.909. The molecule has 29 heavy (non-hydrogen) atoms. The molecule has 0 aliphatic carbocycles. The molecule has 1 fully saturated rings. The van der Waals surface area contributed by atoms with E-state index in [0.717, 1.165) is 11.4 Å². The number of hydrogen-bond acceptors (Lipinski definition) is 4. The van der Waals surface area contributed by atoms with Crippen LogP contribution in [0.1, 0.15) is 31.9 Å². The van der Waals surface area contributed by atoms with Crippen LogP contribution < -0.4 is 10.2 Å². The quantitative estimate of drug-likeness (QED) is 0.787. The zero-order valence-corrected chi connectivity index (χ0v) is 17.6. The maximum absolute atomic E-state index is 13.3. The Morgan fingerprint density at radius 3 is 2.34 bits per heavy atom. The Bertz CT molecular complexity index is 818. The number of amides is 2. The van der Waals surface area contributed by atoms with E-state index in [1.807, 2.05) is 61.2 Å². The number of pyridine rings is 1. The van der Waals surface area contributed by atoms with Crippen LogP contribution in [0.5, 0.6) is 0 Å². The Morgan fingerprint density at radius 1 is 1.07 bits per heavy atom. The van der Waals surface area contributed by atoms with Gasteiger partial charge in [0.25, 0.3) is 0 Å². The first-order chi connectivity index (χ1) is 13.9. The number of hydrogen-bond donors (Lipinski definition) is 1. The SMILES string of the molecule is CC(C)CC(=O)NC(C(=O)N1CCN(c2ccc(Cl)cn2)CC1)c1ccccc1. The van der Waals surface area contributed by atoms with Crippen molar-refractivity contribution in [1.29, 1.82) is 0 Å². The van der Waals surface area contributed by atoms with Crippen LogP contribution in [0, 0.1) is 5.92 Å². The lowest BCUT2D eigenvalue weighted by molar-refractivity contribution is -0.137. The standard InChI is InChI=1S/C22H27ClN4O2/c1-16(2)14-20(28)25-21(17-6-4-3-5-7-17)22(29)27-12-10-26(11-13-27)19-9-8-18(23)15-24-19/h3-9,15-16,21H,10-14H2,1-2H3,(H,25,28). The number of halogens is 1. The molecule has 1 saturated heterocycles. The number of benzene rings is 1. The van der Waals surface area contributed by atoms with Gasteiger partial charge in [0, 0.05) is 38.8 Å². The molecule has 3 rings (SSSR count). The van der Waals surface area contributed by atoms with Crippen LogP contribution in [0.3, 0.4) is 0 Å². The zero-order valence-electron chi connectivity index (χ0n) is 16.8. The molecule has 2 heterocycles. The van der Waals surface area contributed by atoms with Crippen molar-refractivity contribution in [3.63, 3.8) is 0 Å². The van der Waals surface area contributed by atoms with E-state index in [2.05, 4.69) is 15.2 Å². The largest absolute Gasteiger partial charge is 0.353 e. The van der Waals surface area contributed by atoms with Crippen LogP contribution >= 0.6 is 11.6 Å². The molecule has 1 atom stereocenters. The van der Waals surface area contributed by atoms with Gasteiger partial charge in [-0.25, -0.2) is 4.98 Å². The second-order valence-corrected chi connectivity index (χ2v) is 8.09. The van der Waals surface area contributed by atoms with Crippen molar-refractivity contribution in [2.75, 3.05) is 31.1 Å². The minimum absolute atomic E-state index is 0.0722. The van der Waals surface area contributed by atoms with Gasteiger partial charge in [-0.2, -0.15) is 0 Å². The predicted molar refractivity (Wildman–Crippen MR) is 115 cm³/mol. The molecule has 0 saturated carbocycles. The van der Waals surface area contributed by atoms with Crippen LogP contribution in [0.25, 0.3) is 0 Å². The fourth-order valence-electron chi connectivity index (χ4n) is 3.42. The molecule has 1 aromatic heterocycles. The summed E-state index contributed by atoms with van der Waals surface area (Å²) in [6, 6.07) is 12.5. The minimum atomic E-state index is -0.664. The third kappa shape index (κ3) is 5.70. The molecule has 2 amide bonds. The molecule has 2 aromatic rings. The first-order valence-electron chi connectivity index (χ1n) is 9.93. The highest BCUT2D eigenvalue weighted by Crippen LogP contribution is 2.20. The van der Waals surface area contributed by atoms with E-state index in [4.69, 9.17) is 11.6 Å². The van der Waals surface area contributed by atoms with Gasteiger partial charge in [-0.15, -0.1) is 0 Å². The summed E-state index contributed by atoms with van der Waals surface area (Å²) in [5.41, 5.74) is 0.802. The van der Waals surface area contributed by atoms with Crippen molar-refractivity contribution < 1.29 is 9.59 Å². The van der Waals surface area contributed by atoms with E-state index >= 15 is 0 Å². The Hall–Kier alpha value is -2.60. The van der Waals surface area contributed by atoms with Gasteiger partial charge in [-0.05, 0) is 23.6 Å². The monoisotopic (exact) mass is 414 g/mol. The molecule has 7 heteroatoms. The molecule has 0 bridgehead atoms. The topological polar surface area (TPSA) is 65.5 Å². The third-order valence-corrected chi connectivity index (χ3v) is 5.13. The minimum Gasteiger partial charge on any atom is -0.353 e. The summed E-state index contributed by atoms with van der Waals surface area (Å²) in [4.78, 5) is 34.0. The van der Waals surface area contributed by atoms with Crippen LogP contribution in [0.4, 0.5) is 5.82 Å². The van der Waals surface area contributed by atoms with Crippen LogP contribution in [-0.4, -0.2) is 47.9 Å². The number of aromatic nitrogens is 1. The molecule has 1 unspecified atom stereocenters. The Kier molecular flexibility index (Phi) is 7.09. The van der Waals surface area contributed by atoms with Crippen molar-refractivity contribution in [3.05, 3.63) is 59.2 Å².